The number of aromatic amines is 1. The van der Waals surface area contributed by atoms with E-state index in [0.29, 0.717) is 4.90 Å². The number of aromatic nitrogens is 2. The molecule has 118 valence electrons. The molecule has 0 saturated heterocycles. The largest absolute Gasteiger partial charge is 0.296 e. The van der Waals surface area contributed by atoms with Crippen LogP contribution in [0.4, 0.5) is 0 Å². The molecule has 1 aliphatic rings. The third-order valence-electron chi connectivity index (χ3n) is 4.12. The molecule has 1 N–H and O–H groups in total. The lowest BCUT2D eigenvalue weighted by molar-refractivity contribution is 0.314. The number of H-pyrrole nitrogens is 1. The predicted molar refractivity (Wildman–Crippen MR) is 85.3 cm³/mol. The Morgan fingerprint density at radius 2 is 1.91 bits per heavy atom. The summed E-state index contributed by atoms with van der Waals surface area (Å²) >= 11 is 0. The van der Waals surface area contributed by atoms with Crippen LogP contribution in [-0.4, -0.2) is 36.8 Å². The van der Waals surface area contributed by atoms with Crippen LogP contribution in [-0.2, 0) is 35.8 Å². The maximum Gasteiger partial charge on any atom is 0.175 e. The lowest BCUT2D eigenvalue weighted by atomic mass is 10.1. The van der Waals surface area contributed by atoms with Crippen molar-refractivity contribution in [1.29, 1.82) is 0 Å². The fourth-order valence-corrected chi connectivity index (χ4v) is 3.61. The molecule has 1 heterocycles. The highest BCUT2D eigenvalue weighted by Gasteiger charge is 2.19. The zero-order chi connectivity index (χ0) is 15.7. The van der Waals surface area contributed by atoms with Gasteiger partial charge >= 0.3 is 0 Å². The van der Waals surface area contributed by atoms with Crippen molar-refractivity contribution < 1.29 is 8.42 Å². The molecule has 22 heavy (non-hydrogen) atoms. The Labute approximate surface area is 131 Å². The van der Waals surface area contributed by atoms with Crippen LogP contribution in [0.25, 0.3) is 0 Å². The minimum atomic E-state index is -3.12. The number of fused-ring (bicyclic) bond motifs is 1. The molecule has 0 radical (unpaired) electrons. The van der Waals surface area contributed by atoms with Gasteiger partial charge in [0.15, 0.2) is 9.84 Å². The van der Waals surface area contributed by atoms with Crippen molar-refractivity contribution in [3.05, 3.63) is 46.8 Å². The number of nitrogens with zero attached hydrogens (tertiary/aromatic N) is 2. The van der Waals surface area contributed by atoms with Crippen molar-refractivity contribution in [2.45, 2.75) is 37.2 Å². The molecule has 0 bridgehead atoms. The molecule has 0 atom stereocenters. The molecule has 0 fully saturated rings. The number of sulfone groups is 1. The molecule has 1 aromatic carbocycles. The highest BCUT2D eigenvalue weighted by Crippen LogP contribution is 2.23. The number of hydrogen-bond acceptors (Lipinski definition) is 4. The van der Waals surface area contributed by atoms with Gasteiger partial charge in [0.25, 0.3) is 0 Å². The Morgan fingerprint density at radius 1 is 1.18 bits per heavy atom. The molecule has 1 aliphatic carbocycles. The van der Waals surface area contributed by atoms with Crippen LogP contribution in [0.1, 0.15) is 28.9 Å². The van der Waals surface area contributed by atoms with Crippen LogP contribution in [0.3, 0.4) is 0 Å². The average molecular weight is 319 g/mol. The van der Waals surface area contributed by atoms with Gasteiger partial charge in [-0.2, -0.15) is 5.10 Å². The third kappa shape index (κ3) is 3.23. The zero-order valence-electron chi connectivity index (χ0n) is 13.0. The first-order chi connectivity index (χ1) is 10.4. The molecule has 0 unspecified atom stereocenters. The van der Waals surface area contributed by atoms with Crippen molar-refractivity contribution in [3.8, 4) is 0 Å². The van der Waals surface area contributed by atoms with E-state index in [1.165, 1.54) is 23.9 Å². The minimum absolute atomic E-state index is 0.365. The van der Waals surface area contributed by atoms with Crippen LogP contribution < -0.4 is 0 Å². The molecule has 0 spiro atoms. The fourth-order valence-electron chi connectivity index (χ4n) is 2.98. The lowest BCUT2D eigenvalue weighted by Gasteiger charge is -2.16. The third-order valence-corrected chi connectivity index (χ3v) is 5.24. The molecule has 6 heteroatoms. The lowest BCUT2D eigenvalue weighted by Crippen LogP contribution is -2.18. The summed E-state index contributed by atoms with van der Waals surface area (Å²) < 4.78 is 22.9. The molecule has 5 nitrogen and oxygen atoms in total. The topological polar surface area (TPSA) is 66.1 Å². The summed E-state index contributed by atoms with van der Waals surface area (Å²) in [6, 6.07) is 7.10. The molecule has 0 saturated carbocycles. The average Bonchev–Trinajstić information content (AvgIpc) is 3.03. The standard InChI is InChI=1S/C16H21N3O2S/c1-19(11-16-14-4-3-5-15(14)17-18-16)10-12-6-8-13(9-7-12)22(2,20)21/h6-9H,3-5,10-11H2,1-2H3,(H,17,18). The molecular weight excluding hydrogens is 298 g/mol. The van der Waals surface area contributed by atoms with Crippen LogP contribution in [0, 0.1) is 0 Å². The van der Waals surface area contributed by atoms with Gasteiger partial charge in [0, 0.05) is 25.0 Å². The number of aryl methyl sites for hydroxylation is 1. The first-order valence-electron chi connectivity index (χ1n) is 7.46. The van der Waals surface area contributed by atoms with E-state index in [4.69, 9.17) is 0 Å². The Balaban J connectivity index is 1.65. The summed E-state index contributed by atoms with van der Waals surface area (Å²) in [5.74, 6) is 0. The van der Waals surface area contributed by atoms with Crippen molar-refractivity contribution >= 4 is 9.84 Å². The maximum atomic E-state index is 11.5. The van der Waals surface area contributed by atoms with Crippen molar-refractivity contribution in [2.75, 3.05) is 13.3 Å². The summed E-state index contributed by atoms with van der Waals surface area (Å²) in [4.78, 5) is 2.56. The van der Waals surface area contributed by atoms with Crippen LogP contribution in [0.5, 0.6) is 0 Å². The number of benzene rings is 1. The van der Waals surface area contributed by atoms with Crippen LogP contribution in [0.15, 0.2) is 29.2 Å². The van der Waals surface area contributed by atoms with Gasteiger partial charge in [-0.1, -0.05) is 12.1 Å². The van der Waals surface area contributed by atoms with E-state index in [1.54, 1.807) is 12.1 Å². The number of nitrogens with one attached hydrogen (secondary N) is 1. The molecule has 3 rings (SSSR count). The van der Waals surface area contributed by atoms with E-state index < -0.39 is 9.84 Å². The van der Waals surface area contributed by atoms with Gasteiger partial charge < -0.3 is 0 Å². The molecule has 0 aliphatic heterocycles. The van der Waals surface area contributed by atoms with Gasteiger partial charge in [-0.15, -0.1) is 0 Å². The Hall–Kier alpha value is -1.66. The van der Waals surface area contributed by atoms with Crippen LogP contribution >= 0.6 is 0 Å². The van der Waals surface area contributed by atoms with Gasteiger partial charge in [-0.05, 0) is 49.6 Å². The summed E-state index contributed by atoms with van der Waals surface area (Å²) in [7, 11) is -1.07. The Morgan fingerprint density at radius 3 is 2.59 bits per heavy atom. The molecule has 2 aromatic rings. The Kier molecular flexibility index (Phi) is 4.06. The number of hydrogen-bond donors (Lipinski definition) is 1. The van der Waals surface area contributed by atoms with E-state index in [2.05, 4.69) is 22.1 Å². The van der Waals surface area contributed by atoms with Gasteiger partial charge in [0.2, 0.25) is 0 Å². The summed E-state index contributed by atoms with van der Waals surface area (Å²) in [6.45, 7) is 1.57. The van der Waals surface area contributed by atoms with Crippen molar-refractivity contribution in [3.63, 3.8) is 0 Å². The summed E-state index contributed by atoms with van der Waals surface area (Å²) in [6.07, 6.45) is 4.68. The second kappa shape index (κ2) is 5.85. The first-order valence-corrected chi connectivity index (χ1v) is 9.35. The normalized spacial score (nSPS) is 14.5. The van der Waals surface area contributed by atoms with E-state index >= 15 is 0 Å². The van der Waals surface area contributed by atoms with Crippen LogP contribution in [0.2, 0.25) is 0 Å². The second-order valence-electron chi connectivity index (χ2n) is 6.07. The minimum Gasteiger partial charge on any atom is -0.296 e. The maximum absolute atomic E-state index is 11.5. The quantitative estimate of drug-likeness (QED) is 0.914. The zero-order valence-corrected chi connectivity index (χ0v) is 13.8. The molecule has 1 aromatic heterocycles. The van der Waals surface area contributed by atoms with Gasteiger partial charge in [0.1, 0.15) is 0 Å². The van der Waals surface area contributed by atoms with Gasteiger partial charge in [-0.25, -0.2) is 8.42 Å². The van der Waals surface area contributed by atoms with E-state index in [9.17, 15) is 8.42 Å². The van der Waals surface area contributed by atoms with Gasteiger partial charge in [-0.3, -0.25) is 10.00 Å². The second-order valence-corrected chi connectivity index (χ2v) is 8.09. The summed E-state index contributed by atoms with van der Waals surface area (Å²) in [5, 5.41) is 7.56. The van der Waals surface area contributed by atoms with E-state index in [-0.39, 0.29) is 0 Å². The van der Waals surface area contributed by atoms with E-state index in [0.717, 1.165) is 37.2 Å². The van der Waals surface area contributed by atoms with Gasteiger partial charge in [0.05, 0.1) is 10.6 Å². The first kappa shape index (κ1) is 15.2. The fraction of sp³-hybridized carbons (Fsp3) is 0.438. The van der Waals surface area contributed by atoms with E-state index in [1.807, 2.05) is 12.1 Å². The smallest absolute Gasteiger partial charge is 0.175 e. The highest BCUT2D eigenvalue weighted by atomic mass is 32.2. The predicted octanol–water partition coefficient (Wildman–Crippen LogP) is 1.93. The van der Waals surface area contributed by atoms with Crippen molar-refractivity contribution in [1.82, 2.24) is 15.1 Å². The Bertz CT molecular complexity index is 763. The molecule has 0 amide bonds. The summed E-state index contributed by atoms with van der Waals surface area (Å²) in [5.41, 5.74) is 4.92. The number of rotatable bonds is 5. The molecular formula is C16H21N3O2S. The SMILES string of the molecule is CN(Cc1ccc(S(C)(=O)=O)cc1)Cc1n[nH]c2c1CCC2. The monoisotopic (exact) mass is 319 g/mol. The highest BCUT2D eigenvalue weighted by molar-refractivity contribution is 7.90. The van der Waals surface area contributed by atoms with Crippen molar-refractivity contribution in [2.24, 2.45) is 0 Å².